The van der Waals surface area contributed by atoms with E-state index in [1.54, 1.807) is 0 Å². The molecule has 12 rings (SSSR count). The first-order valence-electron chi connectivity index (χ1n) is 35.5. The van der Waals surface area contributed by atoms with Crippen molar-refractivity contribution >= 4 is 27.3 Å². The number of likely N-dealkylation sites (N-methyl/N-ethyl adjacent to an activating group) is 1. The Morgan fingerprint density at radius 2 is 0.977 bits per heavy atom. The monoisotopic (exact) mass is 1240 g/mol. The summed E-state index contributed by atoms with van der Waals surface area (Å²) in [6, 6.07) is 29.8. The van der Waals surface area contributed by atoms with E-state index in [-0.39, 0.29) is 0 Å². The van der Waals surface area contributed by atoms with Crippen LogP contribution in [0.3, 0.4) is 0 Å². The number of nitrogens with zero attached hydrogens (tertiary/aromatic N) is 9. The van der Waals surface area contributed by atoms with Crippen molar-refractivity contribution in [2.75, 3.05) is 86.6 Å². The van der Waals surface area contributed by atoms with Crippen molar-refractivity contribution in [2.24, 2.45) is 33.0 Å². The second kappa shape index (κ2) is 48.3. The van der Waals surface area contributed by atoms with Crippen LogP contribution in [0.1, 0.15) is 208 Å². The van der Waals surface area contributed by atoms with Gasteiger partial charge in [0.25, 0.3) is 0 Å². The topological polar surface area (TPSA) is 34.2 Å². The largest absolute Gasteiger partial charge is 0.357 e. The standard InChI is InChI=1S/C11H15N.C11H13N.3C7H15N.C7H11N.C6H13NS.C6H9N.C6H13N.C6H12.2C2H6/c1-9-7-10-5-3-4-6-11(10)8-12(9)2;1-3-10-8-9-6-4-5-7-11(9)12(10)2;1-7-4-3-5-8(2)6-7;2*1-7-5-3-4-6-8(7)2;1-3-7-5-4-6-8(7)2;1-6-4-8(3)5-7(6)2;1-6-3-4-7(2)5-6;1-6-4-3-5-7(6)2;1-6-4-2-3-5-6;2*1-2/h3-6,9H,7-8H2,1-2H3;4-8H,3H2,1-2H3;3*7H,3-6H2,1-2H3;4-6H,3H2,1-2H3;6H,3-5H2,1-2H3;3-5H,1-2H3;6H,3-5H2,1-2H3;6H,2-5H2,1H3;2*1-2H3. The molecule has 0 bridgehead atoms. The number of fused-ring (bicyclic) bond motifs is 2. The van der Waals surface area contributed by atoms with Crippen LogP contribution in [0.2, 0.25) is 0 Å². The lowest BCUT2D eigenvalue weighted by atomic mass is 9.96. The molecule has 7 unspecified atom stereocenters. The smallest absolute Gasteiger partial charge is 0.0479 e. The van der Waals surface area contributed by atoms with Gasteiger partial charge in [0.2, 0.25) is 0 Å². The van der Waals surface area contributed by atoms with Crippen LogP contribution in [0, 0.1) is 18.8 Å². The highest BCUT2D eigenvalue weighted by atomic mass is 32.2. The number of aryl methyl sites for hydroxylation is 6. The maximum Gasteiger partial charge on any atom is 0.0479 e. The number of likely N-dealkylation sites (tertiary alicyclic amines) is 4. The molecule has 9 nitrogen and oxygen atoms in total. The highest BCUT2D eigenvalue weighted by Crippen LogP contribution is 2.25. The molecule has 10 heteroatoms. The number of para-hydroxylation sites is 1. The second-order valence-corrected chi connectivity index (χ2v) is 28.5. The predicted molar refractivity (Wildman–Crippen MR) is 399 cm³/mol. The second-order valence-electron chi connectivity index (χ2n) is 26.7. The summed E-state index contributed by atoms with van der Waals surface area (Å²) in [5.41, 5.74) is 8.47. The molecule has 7 aliphatic rings. The van der Waals surface area contributed by atoms with Gasteiger partial charge in [-0.25, -0.2) is 0 Å². The Labute approximate surface area is 549 Å². The molecular formula is C78H143N9S. The van der Waals surface area contributed by atoms with E-state index in [2.05, 4.69) is 255 Å². The number of hydrogen-bond donors (Lipinski definition) is 0. The van der Waals surface area contributed by atoms with Gasteiger partial charge < -0.3 is 33.3 Å². The molecule has 88 heavy (non-hydrogen) atoms. The third kappa shape index (κ3) is 34.3. The highest BCUT2D eigenvalue weighted by Gasteiger charge is 2.20. The van der Waals surface area contributed by atoms with E-state index in [0.717, 1.165) is 55.4 Å². The molecule has 0 radical (unpaired) electrons. The maximum absolute atomic E-state index is 4.02. The van der Waals surface area contributed by atoms with Gasteiger partial charge in [-0.05, 0) is 245 Å². The normalized spacial score (nSPS) is 23.6. The van der Waals surface area contributed by atoms with E-state index in [1.165, 1.54) is 180 Å². The molecule has 6 fully saturated rings. The first-order valence-corrected chi connectivity index (χ1v) is 37.2. The lowest BCUT2D eigenvalue weighted by Gasteiger charge is -2.31. The quantitative estimate of drug-likeness (QED) is 0.164. The van der Waals surface area contributed by atoms with Crippen molar-refractivity contribution < 1.29 is 0 Å². The van der Waals surface area contributed by atoms with Gasteiger partial charge in [-0.15, -0.1) is 0 Å². The Hall–Kier alpha value is -3.48. The number of aromatic nitrogens is 3. The first-order chi connectivity index (χ1) is 42.0. The van der Waals surface area contributed by atoms with Gasteiger partial charge in [0.1, 0.15) is 0 Å². The fourth-order valence-corrected chi connectivity index (χ4v) is 13.9. The van der Waals surface area contributed by atoms with E-state index in [4.69, 9.17) is 0 Å². The van der Waals surface area contributed by atoms with E-state index >= 15 is 0 Å². The fourth-order valence-electron chi connectivity index (χ4n) is 12.1. The van der Waals surface area contributed by atoms with Crippen LogP contribution in [0.5, 0.6) is 0 Å². The van der Waals surface area contributed by atoms with Crippen molar-refractivity contribution in [1.82, 2.24) is 43.1 Å². The molecule has 506 valence electrons. The van der Waals surface area contributed by atoms with E-state index in [1.807, 2.05) is 45.5 Å². The summed E-state index contributed by atoms with van der Waals surface area (Å²) in [6.45, 7) is 38.2. The molecule has 1 saturated carbocycles. The summed E-state index contributed by atoms with van der Waals surface area (Å²) >= 11 is 0. The molecule has 3 aromatic heterocycles. The van der Waals surface area contributed by atoms with Gasteiger partial charge in [-0.3, -0.25) is 9.80 Å². The Morgan fingerprint density at radius 1 is 0.477 bits per heavy atom. The molecule has 0 spiro atoms. The highest BCUT2D eigenvalue weighted by molar-refractivity contribution is 8.14. The van der Waals surface area contributed by atoms with Gasteiger partial charge in [0, 0.05) is 112 Å². The SMILES string of the molecule is C=S1CC(C)N(C)C1.CC.CC.CC1CCCC1.CC1CCCCN1C.CC1CCCCN1C.CC1CCCN(C)C1.CC1CCCN1C.CC1Cc2ccccc2CN1C.CCc1cc2ccccc2n1C.CCc1cccn1C.Cc1ccn(C)c1. The van der Waals surface area contributed by atoms with Crippen molar-refractivity contribution in [3.63, 3.8) is 0 Å². The van der Waals surface area contributed by atoms with Gasteiger partial charge in [0.15, 0.2) is 0 Å². The molecule has 6 aliphatic heterocycles. The van der Waals surface area contributed by atoms with E-state index in [0.29, 0.717) is 16.5 Å². The number of hydrogen-bond acceptors (Lipinski definition) is 6. The van der Waals surface area contributed by atoms with Crippen LogP contribution in [-0.4, -0.2) is 166 Å². The zero-order valence-corrected chi connectivity index (χ0v) is 62.8. The van der Waals surface area contributed by atoms with Crippen LogP contribution in [0.25, 0.3) is 10.9 Å². The van der Waals surface area contributed by atoms with Gasteiger partial charge >= 0.3 is 0 Å². The zero-order chi connectivity index (χ0) is 66.1. The van der Waals surface area contributed by atoms with E-state index < -0.39 is 0 Å². The van der Waals surface area contributed by atoms with Crippen LogP contribution in [0.15, 0.2) is 91.4 Å². The third-order valence-electron chi connectivity index (χ3n) is 18.9. The van der Waals surface area contributed by atoms with Gasteiger partial charge in [-0.1, -0.05) is 142 Å². The van der Waals surface area contributed by atoms with Crippen LogP contribution >= 0.6 is 10.5 Å². The minimum Gasteiger partial charge on any atom is -0.357 e. The number of rotatable bonds is 2. The lowest BCUT2D eigenvalue weighted by Crippen LogP contribution is -2.34. The number of benzene rings is 2. The minimum atomic E-state index is 0.443. The lowest BCUT2D eigenvalue weighted by molar-refractivity contribution is 0.200. The molecule has 1 aliphatic carbocycles. The Kier molecular flexibility index (Phi) is 45.3. The summed E-state index contributed by atoms with van der Waals surface area (Å²) < 4.78 is 6.44. The first kappa shape index (κ1) is 82.5. The maximum atomic E-state index is 4.02. The summed E-state index contributed by atoms with van der Waals surface area (Å²) in [6.07, 6.45) is 29.7. The number of piperidine rings is 3. The third-order valence-corrected chi connectivity index (χ3v) is 20.6. The van der Waals surface area contributed by atoms with Crippen molar-refractivity contribution in [3.8, 4) is 0 Å². The molecule has 9 heterocycles. The minimum absolute atomic E-state index is 0.443. The Bertz CT molecular complexity index is 2350. The molecule has 7 atom stereocenters. The van der Waals surface area contributed by atoms with E-state index in [9.17, 15) is 0 Å². The van der Waals surface area contributed by atoms with Crippen molar-refractivity contribution in [3.05, 3.63) is 119 Å². The average molecular weight is 1240 g/mol. The average Bonchev–Trinajstić information content (AvgIpc) is 2.18. The summed E-state index contributed by atoms with van der Waals surface area (Å²) in [5, 5.41) is 1.34. The summed E-state index contributed by atoms with van der Waals surface area (Å²) in [7, 11) is 19.8. The Balaban J connectivity index is 0.000000489. The molecule has 0 N–H and O–H groups in total. The Morgan fingerprint density at radius 3 is 1.31 bits per heavy atom. The van der Waals surface area contributed by atoms with Crippen LogP contribution < -0.4 is 0 Å². The molecule has 5 saturated heterocycles. The molecule has 5 aromatic rings. The van der Waals surface area contributed by atoms with Crippen LogP contribution in [0.4, 0.5) is 0 Å². The van der Waals surface area contributed by atoms with Gasteiger partial charge in [0.05, 0.1) is 0 Å². The summed E-state index contributed by atoms with van der Waals surface area (Å²) in [5.74, 6) is 8.52. The van der Waals surface area contributed by atoms with Crippen molar-refractivity contribution in [2.45, 2.75) is 243 Å². The summed E-state index contributed by atoms with van der Waals surface area (Å²) in [4.78, 5) is 14.5. The fraction of sp³-hybridized carbons (Fsp3) is 0.705. The predicted octanol–water partition coefficient (Wildman–Crippen LogP) is 18.4. The molecule has 2 aromatic carbocycles. The molecule has 0 amide bonds. The van der Waals surface area contributed by atoms with Crippen molar-refractivity contribution in [1.29, 1.82) is 0 Å². The van der Waals surface area contributed by atoms with Crippen LogP contribution in [-0.2, 0) is 47.0 Å². The van der Waals surface area contributed by atoms with Gasteiger partial charge in [-0.2, -0.15) is 10.5 Å². The zero-order valence-electron chi connectivity index (χ0n) is 62.0. The molecular weight excluding hydrogens is 1090 g/mol.